The van der Waals surface area contributed by atoms with E-state index in [4.69, 9.17) is 0 Å². The van der Waals surface area contributed by atoms with Gasteiger partial charge in [0.15, 0.2) is 0 Å². The van der Waals surface area contributed by atoms with E-state index in [0.717, 1.165) is 37.9 Å². The Morgan fingerprint density at radius 3 is 2.76 bits per heavy atom. The maximum absolute atomic E-state index is 13.0. The first-order valence-corrected chi connectivity index (χ1v) is 8.80. The number of phenolic OH excluding ortho intramolecular Hbond substituents is 1. The molecule has 3 rings (SSSR count). The van der Waals surface area contributed by atoms with E-state index in [0.29, 0.717) is 6.54 Å². The molecule has 25 heavy (non-hydrogen) atoms. The van der Waals surface area contributed by atoms with Crippen LogP contribution in [-0.4, -0.2) is 45.4 Å². The van der Waals surface area contributed by atoms with E-state index >= 15 is 0 Å². The van der Waals surface area contributed by atoms with Crippen LogP contribution in [0.25, 0.3) is 0 Å². The summed E-state index contributed by atoms with van der Waals surface area (Å²) < 4.78 is 0. The molecule has 2 heterocycles. The molecule has 0 spiro atoms. The van der Waals surface area contributed by atoms with Gasteiger partial charge in [-0.25, -0.2) is 0 Å². The molecule has 5 heteroatoms. The van der Waals surface area contributed by atoms with E-state index in [1.165, 1.54) is 5.56 Å². The number of hydrogen-bond acceptors (Lipinski definition) is 4. The van der Waals surface area contributed by atoms with Gasteiger partial charge in [0.25, 0.3) is 0 Å². The summed E-state index contributed by atoms with van der Waals surface area (Å²) in [6, 6.07) is 11.1. The normalized spacial score (nSPS) is 18.0. The number of likely N-dealkylation sites (tertiary alicyclic amines) is 1. The zero-order chi connectivity index (χ0) is 17.6. The fourth-order valence-electron chi connectivity index (χ4n) is 3.41. The van der Waals surface area contributed by atoms with Gasteiger partial charge in [-0.2, -0.15) is 0 Å². The number of amides is 1. The Kier molecular flexibility index (Phi) is 5.66. The number of carbonyl (C=O) groups is 1. The van der Waals surface area contributed by atoms with Gasteiger partial charge in [-0.05, 0) is 43.1 Å². The average molecular weight is 339 g/mol. The number of likely N-dealkylation sites (N-methyl/N-ethyl adjacent to an activating group) is 1. The van der Waals surface area contributed by atoms with Crippen molar-refractivity contribution in [1.82, 2.24) is 14.8 Å². The van der Waals surface area contributed by atoms with Crippen molar-refractivity contribution in [1.29, 1.82) is 0 Å². The molecule has 0 radical (unpaired) electrons. The van der Waals surface area contributed by atoms with Crippen LogP contribution in [0.2, 0.25) is 0 Å². The Hall–Kier alpha value is -2.40. The number of phenols is 1. The number of aromatic hydroxyl groups is 1. The molecule has 1 saturated heterocycles. The van der Waals surface area contributed by atoms with Crippen LogP contribution in [0.15, 0.2) is 48.8 Å². The van der Waals surface area contributed by atoms with Crippen LogP contribution < -0.4 is 0 Å². The lowest BCUT2D eigenvalue weighted by Gasteiger charge is -2.36. The average Bonchev–Trinajstić information content (AvgIpc) is 2.64. The fourth-order valence-corrected chi connectivity index (χ4v) is 3.41. The Labute approximate surface area is 148 Å². The monoisotopic (exact) mass is 339 g/mol. The molecule has 5 nitrogen and oxygen atoms in total. The lowest BCUT2D eigenvalue weighted by molar-refractivity contribution is -0.137. The Balaban J connectivity index is 1.68. The number of nitrogens with zero attached hydrogens (tertiary/aromatic N) is 3. The Morgan fingerprint density at radius 2 is 2.00 bits per heavy atom. The van der Waals surface area contributed by atoms with Gasteiger partial charge in [-0.15, -0.1) is 0 Å². The molecular weight excluding hydrogens is 314 g/mol. The second-order valence-corrected chi connectivity index (χ2v) is 6.66. The smallest absolute Gasteiger partial charge is 0.239 e. The van der Waals surface area contributed by atoms with Gasteiger partial charge in [0, 0.05) is 38.1 Å². The summed E-state index contributed by atoms with van der Waals surface area (Å²) in [6.45, 7) is 2.12. The summed E-state index contributed by atoms with van der Waals surface area (Å²) in [6.07, 6.45) is 6.67. The quantitative estimate of drug-likeness (QED) is 0.910. The van der Waals surface area contributed by atoms with Gasteiger partial charge in [-0.1, -0.05) is 24.6 Å². The Morgan fingerprint density at radius 1 is 1.24 bits per heavy atom. The van der Waals surface area contributed by atoms with E-state index in [-0.39, 0.29) is 17.7 Å². The summed E-state index contributed by atoms with van der Waals surface area (Å²) in [5.74, 6) is 0.358. The molecule has 1 amide bonds. The zero-order valence-corrected chi connectivity index (χ0v) is 14.6. The third-order valence-electron chi connectivity index (χ3n) is 4.81. The van der Waals surface area contributed by atoms with Crippen molar-refractivity contribution >= 4 is 5.91 Å². The molecule has 1 aliphatic heterocycles. The lowest BCUT2D eigenvalue weighted by atomic mass is 10.00. The second kappa shape index (κ2) is 8.12. The summed E-state index contributed by atoms with van der Waals surface area (Å²) >= 11 is 0. The first-order valence-electron chi connectivity index (χ1n) is 8.80. The predicted molar refractivity (Wildman–Crippen MR) is 96.9 cm³/mol. The number of hydrogen-bond donors (Lipinski definition) is 1. The molecule has 1 N–H and O–H groups in total. The molecular formula is C20H25N3O2. The van der Waals surface area contributed by atoms with E-state index < -0.39 is 0 Å². The number of rotatable bonds is 5. The molecule has 0 bridgehead atoms. The maximum Gasteiger partial charge on any atom is 0.239 e. The molecule has 1 fully saturated rings. The highest BCUT2D eigenvalue weighted by Gasteiger charge is 2.30. The summed E-state index contributed by atoms with van der Waals surface area (Å²) in [4.78, 5) is 21.1. The van der Waals surface area contributed by atoms with Crippen LogP contribution in [0.1, 0.15) is 30.4 Å². The van der Waals surface area contributed by atoms with Gasteiger partial charge in [0.2, 0.25) is 5.91 Å². The zero-order valence-electron chi connectivity index (χ0n) is 14.6. The molecule has 1 atom stereocenters. The van der Waals surface area contributed by atoms with Crippen LogP contribution in [0.5, 0.6) is 5.75 Å². The number of para-hydroxylation sites is 1. The van der Waals surface area contributed by atoms with Crippen LogP contribution >= 0.6 is 0 Å². The second-order valence-electron chi connectivity index (χ2n) is 6.66. The van der Waals surface area contributed by atoms with E-state index in [1.54, 1.807) is 29.4 Å². The third-order valence-corrected chi connectivity index (χ3v) is 4.81. The van der Waals surface area contributed by atoms with E-state index in [2.05, 4.69) is 9.88 Å². The van der Waals surface area contributed by atoms with Crippen molar-refractivity contribution in [2.45, 2.75) is 38.4 Å². The Bertz CT molecular complexity index is 705. The summed E-state index contributed by atoms with van der Waals surface area (Å²) in [5.41, 5.74) is 1.95. The highest BCUT2D eigenvalue weighted by atomic mass is 16.3. The summed E-state index contributed by atoms with van der Waals surface area (Å²) in [7, 11) is 1.81. The van der Waals surface area contributed by atoms with Crippen molar-refractivity contribution in [3.8, 4) is 5.75 Å². The van der Waals surface area contributed by atoms with E-state index in [9.17, 15) is 9.90 Å². The first kappa shape index (κ1) is 17.4. The van der Waals surface area contributed by atoms with Gasteiger partial charge in [0.05, 0.1) is 6.04 Å². The largest absolute Gasteiger partial charge is 0.508 e. The molecule has 132 valence electrons. The van der Waals surface area contributed by atoms with Crippen LogP contribution in [-0.2, 0) is 17.9 Å². The highest BCUT2D eigenvalue weighted by molar-refractivity contribution is 5.81. The van der Waals surface area contributed by atoms with Gasteiger partial charge >= 0.3 is 0 Å². The number of pyridine rings is 1. The molecule has 2 aromatic rings. The molecule has 0 unspecified atom stereocenters. The standard InChI is InChI=1S/C20H25N3O2/c1-22(15-17-6-2-3-8-19(17)24)20(25)18-7-4-5-13-23(18)14-16-9-11-21-12-10-16/h2-3,6,8-12,18,24H,4-5,7,13-15H2,1H3/t18-/m0/s1. The van der Waals surface area contributed by atoms with Gasteiger partial charge in [0.1, 0.15) is 5.75 Å². The lowest BCUT2D eigenvalue weighted by Crippen LogP contribution is -2.49. The van der Waals surface area contributed by atoms with Crippen LogP contribution in [0, 0.1) is 0 Å². The van der Waals surface area contributed by atoms with E-state index in [1.807, 2.05) is 31.3 Å². The number of aromatic nitrogens is 1. The minimum absolute atomic E-state index is 0.0993. The van der Waals surface area contributed by atoms with Crippen molar-refractivity contribution in [3.63, 3.8) is 0 Å². The van der Waals surface area contributed by atoms with Crippen molar-refractivity contribution in [2.24, 2.45) is 0 Å². The fraction of sp³-hybridized carbons (Fsp3) is 0.400. The minimum atomic E-state index is -0.0993. The number of benzene rings is 1. The van der Waals surface area contributed by atoms with Crippen molar-refractivity contribution in [3.05, 3.63) is 59.9 Å². The molecule has 0 aliphatic carbocycles. The minimum Gasteiger partial charge on any atom is -0.508 e. The maximum atomic E-state index is 13.0. The third kappa shape index (κ3) is 4.37. The number of carbonyl (C=O) groups excluding carboxylic acids is 1. The van der Waals surface area contributed by atoms with Crippen molar-refractivity contribution < 1.29 is 9.90 Å². The summed E-state index contributed by atoms with van der Waals surface area (Å²) in [5, 5.41) is 9.94. The van der Waals surface area contributed by atoms with Gasteiger partial charge < -0.3 is 10.0 Å². The van der Waals surface area contributed by atoms with Crippen LogP contribution in [0.4, 0.5) is 0 Å². The predicted octanol–water partition coefficient (Wildman–Crippen LogP) is 2.80. The highest BCUT2D eigenvalue weighted by Crippen LogP contribution is 2.23. The van der Waals surface area contributed by atoms with Gasteiger partial charge in [-0.3, -0.25) is 14.7 Å². The van der Waals surface area contributed by atoms with Crippen molar-refractivity contribution in [2.75, 3.05) is 13.6 Å². The first-order chi connectivity index (χ1) is 12.1. The molecule has 1 aromatic heterocycles. The SMILES string of the molecule is CN(Cc1ccccc1O)C(=O)[C@@H]1CCCCN1Cc1ccncc1. The van der Waals surface area contributed by atoms with Crippen LogP contribution in [0.3, 0.4) is 0 Å². The molecule has 1 aromatic carbocycles. The molecule has 1 aliphatic rings. The number of piperidine rings is 1. The topological polar surface area (TPSA) is 56.7 Å². The molecule has 0 saturated carbocycles.